The fraction of sp³-hybridized carbons (Fsp3) is 0.667. The Morgan fingerprint density at radius 3 is 2.54 bits per heavy atom. The molecule has 1 unspecified atom stereocenters. The third-order valence-electron chi connectivity index (χ3n) is 4.71. The molecule has 1 aromatic heterocycles. The highest BCUT2D eigenvalue weighted by molar-refractivity contribution is 5.95. The molecule has 1 atom stereocenters. The van der Waals surface area contributed by atoms with Crippen LogP contribution in [0.1, 0.15) is 49.8 Å². The van der Waals surface area contributed by atoms with Gasteiger partial charge in [-0.2, -0.15) is 5.10 Å². The van der Waals surface area contributed by atoms with E-state index in [0.29, 0.717) is 25.1 Å². The second-order valence-electron chi connectivity index (χ2n) is 7.97. The average molecular weight is 364 g/mol. The smallest absolute Gasteiger partial charge is 0.308 e. The summed E-state index contributed by atoms with van der Waals surface area (Å²) >= 11 is 0. The minimum absolute atomic E-state index is 0.0821. The lowest BCUT2D eigenvalue weighted by molar-refractivity contribution is -0.145. The van der Waals surface area contributed by atoms with Crippen LogP contribution in [0.4, 0.5) is 0 Å². The van der Waals surface area contributed by atoms with Crippen molar-refractivity contribution in [2.24, 2.45) is 13.0 Å². The Hall–Kier alpha value is -2.38. The first-order chi connectivity index (χ1) is 12.0. The van der Waals surface area contributed by atoms with Crippen LogP contribution in [0, 0.1) is 5.92 Å². The van der Waals surface area contributed by atoms with Gasteiger partial charge in [-0.25, -0.2) is 0 Å². The van der Waals surface area contributed by atoms with E-state index in [0.717, 1.165) is 5.69 Å². The Kier molecular flexibility index (Phi) is 5.73. The number of carboxylic acids is 1. The van der Waals surface area contributed by atoms with Gasteiger partial charge in [0, 0.05) is 32.6 Å². The van der Waals surface area contributed by atoms with E-state index in [4.69, 9.17) is 5.11 Å². The summed E-state index contributed by atoms with van der Waals surface area (Å²) in [6.07, 6.45) is 1.25. The number of likely N-dealkylation sites (tertiary alicyclic amines) is 1. The van der Waals surface area contributed by atoms with E-state index in [-0.39, 0.29) is 30.3 Å². The molecule has 1 aliphatic heterocycles. The molecule has 8 heteroatoms. The zero-order valence-corrected chi connectivity index (χ0v) is 16.2. The Morgan fingerprint density at radius 2 is 2.00 bits per heavy atom. The third kappa shape index (κ3) is 4.42. The molecule has 2 amide bonds. The summed E-state index contributed by atoms with van der Waals surface area (Å²) < 4.78 is 1.53. The second-order valence-corrected chi connectivity index (χ2v) is 7.97. The number of likely N-dealkylation sites (N-methyl/N-ethyl adjacent to an activating group) is 1. The number of hydrogen-bond donors (Lipinski definition) is 1. The first kappa shape index (κ1) is 19.9. The minimum atomic E-state index is -0.878. The fourth-order valence-corrected chi connectivity index (χ4v) is 3.01. The molecule has 8 nitrogen and oxygen atoms in total. The molecular formula is C18H28N4O4. The molecule has 1 N–H and O–H groups in total. The Labute approximate surface area is 153 Å². The Balaban J connectivity index is 2.04. The van der Waals surface area contributed by atoms with Crippen LogP contribution in [-0.2, 0) is 22.1 Å². The van der Waals surface area contributed by atoms with Gasteiger partial charge in [-0.15, -0.1) is 0 Å². The summed E-state index contributed by atoms with van der Waals surface area (Å²) in [4.78, 5) is 39.2. The van der Waals surface area contributed by atoms with E-state index >= 15 is 0 Å². The molecule has 26 heavy (non-hydrogen) atoms. The van der Waals surface area contributed by atoms with Crippen molar-refractivity contribution in [2.45, 2.75) is 39.0 Å². The van der Waals surface area contributed by atoms with E-state index < -0.39 is 11.9 Å². The van der Waals surface area contributed by atoms with Gasteiger partial charge in [0.25, 0.3) is 5.91 Å². The van der Waals surface area contributed by atoms with Gasteiger partial charge in [0.1, 0.15) is 5.69 Å². The van der Waals surface area contributed by atoms with Gasteiger partial charge in [0.05, 0.1) is 18.2 Å². The maximum absolute atomic E-state index is 12.7. The van der Waals surface area contributed by atoms with Gasteiger partial charge in [-0.1, -0.05) is 20.8 Å². The van der Waals surface area contributed by atoms with Gasteiger partial charge in [-0.05, 0) is 18.9 Å². The second kappa shape index (κ2) is 7.47. The molecule has 1 fully saturated rings. The van der Waals surface area contributed by atoms with Gasteiger partial charge in [0.2, 0.25) is 5.91 Å². The predicted molar refractivity (Wildman–Crippen MR) is 95.8 cm³/mol. The number of hydrogen-bond acceptors (Lipinski definition) is 4. The first-order valence-electron chi connectivity index (χ1n) is 8.81. The standard InChI is InChI=1S/C18H28N4O4/c1-18(2,3)14-9-13(21(5)19-14)16(24)20(4)11-15(23)22-8-6-7-12(10-22)17(25)26/h9,12H,6-8,10-11H2,1-5H3,(H,25,26). The average Bonchev–Trinajstić information content (AvgIpc) is 2.96. The van der Waals surface area contributed by atoms with E-state index in [2.05, 4.69) is 5.10 Å². The van der Waals surface area contributed by atoms with Gasteiger partial charge >= 0.3 is 5.97 Å². The van der Waals surface area contributed by atoms with Gasteiger partial charge < -0.3 is 14.9 Å². The highest BCUT2D eigenvalue weighted by Gasteiger charge is 2.30. The van der Waals surface area contributed by atoms with Crippen molar-refractivity contribution < 1.29 is 19.5 Å². The number of nitrogens with zero attached hydrogens (tertiary/aromatic N) is 4. The summed E-state index contributed by atoms with van der Waals surface area (Å²) in [7, 11) is 3.28. The largest absolute Gasteiger partial charge is 0.481 e. The molecule has 144 valence electrons. The lowest BCUT2D eigenvalue weighted by Gasteiger charge is -2.32. The third-order valence-corrected chi connectivity index (χ3v) is 4.71. The first-order valence-corrected chi connectivity index (χ1v) is 8.81. The van der Waals surface area contributed by atoms with Crippen LogP contribution < -0.4 is 0 Å². The van der Waals surface area contributed by atoms with Crippen molar-refractivity contribution in [3.63, 3.8) is 0 Å². The molecule has 0 spiro atoms. The molecule has 2 rings (SSSR count). The number of aromatic nitrogens is 2. The zero-order chi connectivity index (χ0) is 19.6. The van der Waals surface area contributed by atoms with Crippen LogP contribution in [0.2, 0.25) is 0 Å². The molecule has 2 heterocycles. The van der Waals surface area contributed by atoms with Gasteiger partial charge in [-0.3, -0.25) is 19.1 Å². The lowest BCUT2D eigenvalue weighted by atomic mass is 9.92. The SMILES string of the molecule is CN(CC(=O)N1CCCC(C(=O)O)C1)C(=O)c1cc(C(C)(C)C)nn1C. The maximum Gasteiger partial charge on any atom is 0.308 e. The van der Waals surface area contributed by atoms with Crippen molar-refractivity contribution in [2.75, 3.05) is 26.7 Å². The number of aliphatic carboxylic acids is 1. The van der Waals surface area contributed by atoms with Crippen LogP contribution >= 0.6 is 0 Å². The number of aryl methyl sites for hydroxylation is 1. The molecule has 0 aliphatic carbocycles. The topological polar surface area (TPSA) is 95.7 Å². The normalized spacial score (nSPS) is 17.9. The van der Waals surface area contributed by atoms with Crippen LogP contribution in [0.25, 0.3) is 0 Å². The molecule has 1 aromatic rings. The van der Waals surface area contributed by atoms with Crippen molar-refractivity contribution in [3.8, 4) is 0 Å². The van der Waals surface area contributed by atoms with Crippen molar-refractivity contribution in [3.05, 3.63) is 17.5 Å². The number of piperidine rings is 1. The molecule has 0 aromatic carbocycles. The van der Waals surface area contributed by atoms with E-state index in [9.17, 15) is 14.4 Å². The van der Waals surface area contributed by atoms with E-state index in [1.54, 1.807) is 20.2 Å². The van der Waals surface area contributed by atoms with Crippen LogP contribution in [0.3, 0.4) is 0 Å². The van der Waals surface area contributed by atoms with Crippen molar-refractivity contribution in [1.29, 1.82) is 0 Å². The monoisotopic (exact) mass is 364 g/mol. The zero-order valence-electron chi connectivity index (χ0n) is 16.2. The summed E-state index contributed by atoms with van der Waals surface area (Å²) in [6, 6.07) is 1.75. The van der Waals surface area contributed by atoms with E-state index in [1.165, 1.54) is 14.5 Å². The Bertz CT molecular complexity index is 705. The van der Waals surface area contributed by atoms with Crippen LogP contribution in [0.5, 0.6) is 0 Å². The highest BCUT2D eigenvalue weighted by Crippen LogP contribution is 2.22. The van der Waals surface area contributed by atoms with Crippen LogP contribution in [0.15, 0.2) is 6.07 Å². The molecule has 0 saturated carbocycles. The summed E-state index contributed by atoms with van der Waals surface area (Å²) in [5, 5.41) is 13.5. The number of carbonyl (C=O) groups excluding carboxylic acids is 2. The van der Waals surface area contributed by atoms with E-state index in [1.807, 2.05) is 20.8 Å². The Morgan fingerprint density at radius 1 is 1.35 bits per heavy atom. The molecule has 1 aliphatic rings. The molecule has 0 bridgehead atoms. The summed E-state index contributed by atoms with van der Waals surface area (Å²) in [5.74, 6) is -1.92. The van der Waals surface area contributed by atoms with Crippen molar-refractivity contribution in [1.82, 2.24) is 19.6 Å². The quantitative estimate of drug-likeness (QED) is 0.863. The molecular weight excluding hydrogens is 336 g/mol. The lowest BCUT2D eigenvalue weighted by Crippen LogP contribution is -2.47. The maximum atomic E-state index is 12.7. The molecule has 0 radical (unpaired) electrons. The summed E-state index contributed by atoms with van der Waals surface area (Å²) in [5.41, 5.74) is 1.06. The highest BCUT2D eigenvalue weighted by atomic mass is 16.4. The number of rotatable bonds is 4. The van der Waals surface area contributed by atoms with Crippen LogP contribution in [-0.4, -0.2) is 69.2 Å². The predicted octanol–water partition coefficient (Wildman–Crippen LogP) is 1.11. The fourth-order valence-electron chi connectivity index (χ4n) is 3.01. The molecule has 1 saturated heterocycles. The number of amides is 2. The number of carbonyl (C=O) groups is 3. The van der Waals surface area contributed by atoms with Crippen molar-refractivity contribution >= 4 is 17.8 Å². The summed E-state index contributed by atoms with van der Waals surface area (Å²) in [6.45, 7) is 6.71. The minimum Gasteiger partial charge on any atom is -0.481 e. The number of carboxylic acid groups (broad SMARTS) is 1. The van der Waals surface area contributed by atoms with Gasteiger partial charge in [0.15, 0.2) is 0 Å².